The molecule has 0 heterocycles. The van der Waals surface area contributed by atoms with Gasteiger partial charge in [-0.3, -0.25) is 4.90 Å². The van der Waals surface area contributed by atoms with Crippen LogP contribution in [-0.4, -0.2) is 23.1 Å². The predicted molar refractivity (Wildman–Crippen MR) is 80.0 cm³/mol. The van der Waals surface area contributed by atoms with E-state index in [4.69, 9.17) is 5.73 Å². The fraction of sp³-hybridized carbons (Fsp3) is 0.625. The van der Waals surface area contributed by atoms with Crippen LogP contribution >= 0.6 is 0 Å². The van der Waals surface area contributed by atoms with Gasteiger partial charge in [0, 0.05) is 23.8 Å². The van der Waals surface area contributed by atoms with E-state index < -0.39 is 0 Å². The number of aromatic hydroxyl groups is 1. The number of anilines is 1. The number of hydrogen-bond acceptors (Lipinski definition) is 3. The first-order valence-corrected chi connectivity index (χ1v) is 7.37. The van der Waals surface area contributed by atoms with E-state index in [1.165, 1.54) is 32.1 Å². The van der Waals surface area contributed by atoms with E-state index in [0.717, 1.165) is 23.7 Å². The molecule has 0 aromatic heterocycles. The second-order valence-electron chi connectivity index (χ2n) is 5.89. The summed E-state index contributed by atoms with van der Waals surface area (Å²) in [6.45, 7) is 3.07. The normalized spacial score (nSPS) is 23.7. The quantitative estimate of drug-likeness (QED) is 0.646. The number of nitrogen functional groups attached to an aromatic ring is 1. The van der Waals surface area contributed by atoms with E-state index in [2.05, 4.69) is 18.9 Å². The third kappa shape index (κ3) is 3.63. The van der Waals surface area contributed by atoms with Crippen molar-refractivity contribution >= 4 is 5.69 Å². The third-order valence-corrected chi connectivity index (χ3v) is 4.54. The fourth-order valence-electron chi connectivity index (χ4n) is 3.12. The predicted octanol–water partition coefficient (Wildman–Crippen LogP) is 3.38. The third-order valence-electron chi connectivity index (χ3n) is 4.54. The van der Waals surface area contributed by atoms with E-state index in [0.29, 0.717) is 11.8 Å². The second-order valence-corrected chi connectivity index (χ2v) is 5.89. The number of rotatable bonds is 4. The van der Waals surface area contributed by atoms with Gasteiger partial charge in [0.15, 0.2) is 0 Å². The Hall–Kier alpha value is -1.22. The van der Waals surface area contributed by atoms with Crippen molar-refractivity contribution in [1.82, 2.24) is 4.90 Å². The Morgan fingerprint density at radius 1 is 1.26 bits per heavy atom. The van der Waals surface area contributed by atoms with Crippen molar-refractivity contribution in [3.05, 3.63) is 23.8 Å². The number of hydrogen-bond donors (Lipinski definition) is 2. The van der Waals surface area contributed by atoms with Gasteiger partial charge in [0.05, 0.1) is 0 Å². The van der Waals surface area contributed by atoms with Crippen LogP contribution in [0.2, 0.25) is 0 Å². The Balaban J connectivity index is 1.94. The van der Waals surface area contributed by atoms with Gasteiger partial charge < -0.3 is 10.8 Å². The zero-order valence-corrected chi connectivity index (χ0v) is 12.1. The molecule has 1 aromatic carbocycles. The van der Waals surface area contributed by atoms with Crippen LogP contribution in [-0.2, 0) is 6.54 Å². The van der Waals surface area contributed by atoms with Gasteiger partial charge >= 0.3 is 0 Å². The van der Waals surface area contributed by atoms with Crippen LogP contribution < -0.4 is 5.73 Å². The second kappa shape index (κ2) is 6.29. The molecule has 1 aromatic rings. The van der Waals surface area contributed by atoms with E-state index >= 15 is 0 Å². The number of phenols is 1. The molecule has 0 spiro atoms. The van der Waals surface area contributed by atoms with Crippen LogP contribution in [0, 0.1) is 5.92 Å². The molecule has 0 aliphatic heterocycles. The topological polar surface area (TPSA) is 49.5 Å². The van der Waals surface area contributed by atoms with Gasteiger partial charge in [-0.2, -0.15) is 0 Å². The van der Waals surface area contributed by atoms with E-state index in [9.17, 15) is 5.11 Å². The summed E-state index contributed by atoms with van der Waals surface area (Å²) < 4.78 is 0. The van der Waals surface area contributed by atoms with Crippen molar-refractivity contribution in [1.29, 1.82) is 0 Å². The maximum absolute atomic E-state index is 9.88. The van der Waals surface area contributed by atoms with Gasteiger partial charge in [0.25, 0.3) is 0 Å². The smallest absolute Gasteiger partial charge is 0.120 e. The number of nitrogens with two attached hydrogens (primary N) is 1. The molecule has 106 valence electrons. The van der Waals surface area contributed by atoms with Gasteiger partial charge in [0.1, 0.15) is 5.75 Å². The summed E-state index contributed by atoms with van der Waals surface area (Å²) in [4.78, 5) is 2.36. The van der Waals surface area contributed by atoms with Crippen LogP contribution in [0.15, 0.2) is 18.2 Å². The van der Waals surface area contributed by atoms with Gasteiger partial charge in [0.2, 0.25) is 0 Å². The Kier molecular flexibility index (Phi) is 4.70. The molecule has 0 unspecified atom stereocenters. The summed E-state index contributed by atoms with van der Waals surface area (Å²) in [5, 5.41) is 9.88. The van der Waals surface area contributed by atoms with Crippen LogP contribution in [0.4, 0.5) is 5.69 Å². The molecule has 0 radical (unpaired) electrons. The van der Waals surface area contributed by atoms with E-state index in [-0.39, 0.29) is 0 Å². The summed E-state index contributed by atoms with van der Waals surface area (Å²) in [5.74, 6) is 1.27. The molecule has 0 saturated heterocycles. The highest BCUT2D eigenvalue weighted by Crippen LogP contribution is 2.30. The summed E-state index contributed by atoms with van der Waals surface area (Å²) in [7, 11) is 2.15. The minimum atomic E-state index is 0.350. The van der Waals surface area contributed by atoms with Crippen molar-refractivity contribution in [2.24, 2.45) is 5.92 Å². The summed E-state index contributed by atoms with van der Waals surface area (Å²) in [5.41, 5.74) is 7.44. The Morgan fingerprint density at radius 2 is 1.95 bits per heavy atom. The molecule has 3 N–H and O–H groups in total. The number of nitrogens with zero attached hydrogens (tertiary/aromatic N) is 1. The molecule has 1 aliphatic carbocycles. The minimum absolute atomic E-state index is 0.350. The highest BCUT2D eigenvalue weighted by molar-refractivity contribution is 5.47. The molecule has 19 heavy (non-hydrogen) atoms. The molecule has 1 aliphatic rings. The first-order chi connectivity index (χ1) is 9.10. The molecule has 3 nitrogen and oxygen atoms in total. The maximum Gasteiger partial charge on any atom is 0.120 e. The largest absolute Gasteiger partial charge is 0.508 e. The summed E-state index contributed by atoms with van der Waals surface area (Å²) in [6.07, 6.45) is 6.55. The summed E-state index contributed by atoms with van der Waals surface area (Å²) >= 11 is 0. The van der Waals surface area contributed by atoms with E-state index in [1.54, 1.807) is 12.1 Å². The molecule has 2 rings (SSSR count). The standard InChI is InChI=1S/C16H26N2O/c1-3-12-4-7-15(8-5-12)18(2)11-13-10-14(17)6-9-16(13)19/h6,9-10,12,15,19H,3-5,7-8,11,17H2,1-2H3. The molecule has 0 amide bonds. The van der Waals surface area contributed by atoms with Crippen LogP contribution in [0.1, 0.15) is 44.6 Å². The van der Waals surface area contributed by atoms with Gasteiger partial charge in [-0.15, -0.1) is 0 Å². The zero-order valence-electron chi connectivity index (χ0n) is 12.1. The lowest BCUT2D eigenvalue weighted by atomic mass is 9.84. The van der Waals surface area contributed by atoms with E-state index in [1.807, 2.05) is 6.07 Å². The first kappa shape index (κ1) is 14.2. The van der Waals surface area contributed by atoms with Crippen LogP contribution in [0.3, 0.4) is 0 Å². The lowest BCUT2D eigenvalue weighted by Crippen LogP contribution is -2.34. The van der Waals surface area contributed by atoms with Crippen LogP contribution in [0.5, 0.6) is 5.75 Å². The van der Waals surface area contributed by atoms with Gasteiger partial charge in [-0.25, -0.2) is 0 Å². The molecular formula is C16H26N2O. The van der Waals surface area contributed by atoms with Gasteiger partial charge in [-0.1, -0.05) is 13.3 Å². The summed E-state index contributed by atoms with van der Waals surface area (Å²) in [6, 6.07) is 5.95. The lowest BCUT2D eigenvalue weighted by molar-refractivity contribution is 0.156. The molecule has 1 saturated carbocycles. The average molecular weight is 262 g/mol. The molecule has 0 bridgehead atoms. The van der Waals surface area contributed by atoms with Crippen molar-refractivity contribution in [2.45, 2.75) is 51.6 Å². The lowest BCUT2D eigenvalue weighted by Gasteiger charge is -2.34. The SMILES string of the molecule is CCC1CCC(N(C)Cc2cc(N)ccc2O)CC1. The fourth-order valence-corrected chi connectivity index (χ4v) is 3.12. The van der Waals surface area contributed by atoms with Crippen molar-refractivity contribution in [2.75, 3.05) is 12.8 Å². The van der Waals surface area contributed by atoms with Crippen molar-refractivity contribution in [3.8, 4) is 5.75 Å². The molecule has 1 fully saturated rings. The first-order valence-electron chi connectivity index (χ1n) is 7.37. The Bertz CT molecular complexity index is 411. The van der Waals surface area contributed by atoms with Crippen LogP contribution in [0.25, 0.3) is 0 Å². The average Bonchev–Trinajstić information content (AvgIpc) is 2.43. The minimum Gasteiger partial charge on any atom is -0.508 e. The highest BCUT2D eigenvalue weighted by atomic mass is 16.3. The number of phenolic OH excluding ortho intramolecular Hbond substituents is 1. The monoisotopic (exact) mass is 262 g/mol. The van der Waals surface area contributed by atoms with Crippen molar-refractivity contribution in [3.63, 3.8) is 0 Å². The molecule has 3 heteroatoms. The molecule has 0 atom stereocenters. The Morgan fingerprint density at radius 3 is 2.58 bits per heavy atom. The number of benzene rings is 1. The molecular weight excluding hydrogens is 236 g/mol. The van der Waals surface area contributed by atoms with Gasteiger partial charge in [-0.05, 0) is 56.8 Å². The Labute approximate surface area is 116 Å². The zero-order chi connectivity index (χ0) is 13.8. The maximum atomic E-state index is 9.88. The highest BCUT2D eigenvalue weighted by Gasteiger charge is 2.23. The van der Waals surface area contributed by atoms with Crippen molar-refractivity contribution < 1.29 is 5.11 Å².